The Balaban J connectivity index is 2.39. The number of rotatable bonds is 15. The molecule has 4 heteroatoms. The predicted octanol–water partition coefficient (Wildman–Crippen LogP) is 5.68. The van der Waals surface area contributed by atoms with E-state index in [4.69, 9.17) is 10.5 Å². The van der Waals surface area contributed by atoms with E-state index in [1.807, 2.05) is 12.1 Å². The van der Waals surface area contributed by atoms with E-state index in [9.17, 15) is 10.2 Å². The highest BCUT2D eigenvalue weighted by molar-refractivity contribution is 5.41. The summed E-state index contributed by atoms with van der Waals surface area (Å²) in [5.74, 6) is 2.68. The zero-order valence-electron chi connectivity index (χ0n) is 19.4. The molecule has 0 aliphatic rings. The highest BCUT2D eigenvalue weighted by Crippen LogP contribution is 2.29. The smallest absolute Gasteiger partial charge is 0.160 e. The molecule has 1 aromatic rings. The summed E-state index contributed by atoms with van der Waals surface area (Å²) in [7, 11) is 0. The molecule has 0 aliphatic carbocycles. The predicted molar refractivity (Wildman–Crippen MR) is 122 cm³/mol. The molecule has 0 saturated heterocycles. The van der Waals surface area contributed by atoms with E-state index in [1.54, 1.807) is 6.07 Å². The lowest BCUT2D eigenvalue weighted by Gasteiger charge is -2.29. The van der Waals surface area contributed by atoms with Gasteiger partial charge in [-0.15, -0.1) is 0 Å². The molecule has 0 spiro atoms. The maximum Gasteiger partial charge on any atom is 0.160 e. The summed E-state index contributed by atoms with van der Waals surface area (Å²) in [4.78, 5) is 0. The average molecular weight is 408 g/mol. The van der Waals surface area contributed by atoms with Gasteiger partial charge in [-0.05, 0) is 67.6 Å². The topological polar surface area (TPSA) is 75.7 Å². The third-order valence-corrected chi connectivity index (χ3v) is 5.64. The van der Waals surface area contributed by atoms with Crippen molar-refractivity contribution < 1.29 is 14.9 Å². The van der Waals surface area contributed by atoms with Gasteiger partial charge in [-0.2, -0.15) is 0 Å². The number of ether oxygens (including phenoxy) is 1. The first-order valence-corrected chi connectivity index (χ1v) is 11.5. The molecule has 29 heavy (non-hydrogen) atoms. The van der Waals surface area contributed by atoms with Crippen LogP contribution < -0.4 is 10.5 Å². The van der Waals surface area contributed by atoms with Gasteiger partial charge in [-0.1, -0.05) is 59.9 Å². The second kappa shape index (κ2) is 13.1. The monoisotopic (exact) mass is 407 g/mol. The van der Waals surface area contributed by atoms with Crippen LogP contribution in [0.1, 0.15) is 85.1 Å². The first-order valence-electron chi connectivity index (χ1n) is 11.5. The molecule has 168 valence electrons. The molecule has 1 unspecified atom stereocenters. The molecule has 4 N–H and O–H groups in total. The van der Waals surface area contributed by atoms with Gasteiger partial charge in [0.1, 0.15) is 0 Å². The van der Waals surface area contributed by atoms with Gasteiger partial charge in [0.2, 0.25) is 0 Å². The molecule has 0 aliphatic heterocycles. The van der Waals surface area contributed by atoms with Crippen molar-refractivity contribution in [3.05, 3.63) is 23.8 Å². The number of aromatic hydroxyl groups is 1. The van der Waals surface area contributed by atoms with Crippen molar-refractivity contribution in [1.29, 1.82) is 0 Å². The number of nitrogens with two attached hydrogens (primary N) is 1. The molecule has 0 fully saturated rings. The molecule has 0 heterocycles. The summed E-state index contributed by atoms with van der Waals surface area (Å²) < 4.78 is 5.79. The van der Waals surface area contributed by atoms with Gasteiger partial charge < -0.3 is 20.7 Å². The molecule has 1 rings (SSSR count). The fourth-order valence-corrected chi connectivity index (χ4v) is 3.93. The fourth-order valence-electron chi connectivity index (χ4n) is 3.93. The normalized spacial score (nSPS) is 14.9. The van der Waals surface area contributed by atoms with Crippen LogP contribution in [0.2, 0.25) is 0 Å². The van der Waals surface area contributed by atoms with E-state index in [1.165, 1.54) is 19.3 Å². The summed E-state index contributed by atoms with van der Waals surface area (Å²) >= 11 is 0. The summed E-state index contributed by atoms with van der Waals surface area (Å²) in [6, 6.07) is 5.59. The van der Waals surface area contributed by atoms with E-state index < -0.39 is 5.54 Å². The maximum absolute atomic E-state index is 10.3. The van der Waals surface area contributed by atoms with Crippen LogP contribution in [-0.4, -0.2) is 29.0 Å². The number of phenols is 1. The molecule has 0 aromatic heterocycles. The van der Waals surface area contributed by atoms with Gasteiger partial charge in [0, 0.05) is 5.54 Å². The summed E-state index contributed by atoms with van der Waals surface area (Å²) in [6.07, 6.45) is 8.26. The van der Waals surface area contributed by atoms with Crippen LogP contribution in [0, 0.1) is 17.8 Å². The maximum atomic E-state index is 10.3. The lowest BCUT2D eigenvalue weighted by atomic mass is 9.85. The van der Waals surface area contributed by atoms with Gasteiger partial charge >= 0.3 is 0 Å². The molecule has 0 amide bonds. The lowest BCUT2D eigenvalue weighted by molar-refractivity contribution is 0.165. The van der Waals surface area contributed by atoms with E-state index in [2.05, 4.69) is 34.6 Å². The number of aliphatic hydroxyl groups excluding tert-OH is 1. The minimum absolute atomic E-state index is 0.0196. The quantitative estimate of drug-likeness (QED) is 0.327. The molecular weight excluding hydrogens is 362 g/mol. The molecule has 2 atom stereocenters. The van der Waals surface area contributed by atoms with Crippen molar-refractivity contribution in [2.75, 3.05) is 13.2 Å². The van der Waals surface area contributed by atoms with Crippen LogP contribution >= 0.6 is 0 Å². The number of benzene rings is 1. The van der Waals surface area contributed by atoms with Crippen LogP contribution in [0.3, 0.4) is 0 Å². The lowest BCUT2D eigenvalue weighted by Crippen LogP contribution is -2.45. The second-order valence-electron chi connectivity index (χ2n) is 9.84. The van der Waals surface area contributed by atoms with Crippen LogP contribution in [0.25, 0.3) is 0 Å². The van der Waals surface area contributed by atoms with Crippen LogP contribution in [-0.2, 0) is 6.42 Å². The number of hydrogen-bond acceptors (Lipinski definition) is 4. The highest BCUT2D eigenvalue weighted by atomic mass is 16.5. The van der Waals surface area contributed by atoms with Crippen LogP contribution in [0.4, 0.5) is 0 Å². The first-order chi connectivity index (χ1) is 13.6. The Kier molecular flexibility index (Phi) is 11.7. The zero-order chi connectivity index (χ0) is 21.9. The fraction of sp³-hybridized carbons (Fsp3) is 0.760. The Morgan fingerprint density at radius 1 is 1.00 bits per heavy atom. The van der Waals surface area contributed by atoms with Crippen LogP contribution in [0.5, 0.6) is 11.5 Å². The molecule has 0 radical (unpaired) electrons. The van der Waals surface area contributed by atoms with Crippen molar-refractivity contribution in [2.24, 2.45) is 23.5 Å². The van der Waals surface area contributed by atoms with E-state index in [-0.39, 0.29) is 12.4 Å². The number of aliphatic hydroxyl groups is 1. The minimum atomic E-state index is -0.565. The van der Waals surface area contributed by atoms with Gasteiger partial charge in [-0.25, -0.2) is 0 Å². The van der Waals surface area contributed by atoms with Crippen molar-refractivity contribution in [3.8, 4) is 11.5 Å². The molecule has 0 saturated carbocycles. The van der Waals surface area contributed by atoms with E-state index in [0.29, 0.717) is 24.7 Å². The number of hydrogen-bond donors (Lipinski definition) is 3. The molecule has 1 aromatic carbocycles. The first kappa shape index (κ1) is 25.8. The summed E-state index contributed by atoms with van der Waals surface area (Å²) in [5.41, 5.74) is 6.78. The Labute approximate surface area is 178 Å². The van der Waals surface area contributed by atoms with E-state index >= 15 is 0 Å². The van der Waals surface area contributed by atoms with Crippen molar-refractivity contribution in [3.63, 3.8) is 0 Å². The van der Waals surface area contributed by atoms with Gasteiger partial charge in [0.25, 0.3) is 0 Å². The highest BCUT2D eigenvalue weighted by Gasteiger charge is 2.25. The van der Waals surface area contributed by atoms with Gasteiger partial charge in [0.05, 0.1) is 13.2 Å². The Hall–Kier alpha value is -1.26. The van der Waals surface area contributed by atoms with Gasteiger partial charge in [-0.3, -0.25) is 0 Å². The average Bonchev–Trinajstić information content (AvgIpc) is 2.64. The third-order valence-electron chi connectivity index (χ3n) is 5.64. The largest absolute Gasteiger partial charge is 0.504 e. The minimum Gasteiger partial charge on any atom is -0.504 e. The van der Waals surface area contributed by atoms with Crippen molar-refractivity contribution >= 4 is 0 Å². The van der Waals surface area contributed by atoms with Crippen molar-refractivity contribution in [2.45, 2.75) is 91.5 Å². The zero-order valence-corrected chi connectivity index (χ0v) is 19.4. The van der Waals surface area contributed by atoms with E-state index in [0.717, 1.165) is 43.1 Å². The van der Waals surface area contributed by atoms with Crippen LogP contribution in [0.15, 0.2) is 18.2 Å². The summed E-state index contributed by atoms with van der Waals surface area (Å²) in [5, 5.41) is 19.9. The Morgan fingerprint density at radius 3 is 2.28 bits per heavy atom. The molecule has 0 bridgehead atoms. The Morgan fingerprint density at radius 2 is 1.69 bits per heavy atom. The summed E-state index contributed by atoms with van der Waals surface area (Å²) in [6.45, 7) is 11.7. The molecular formula is C25H45NO3. The number of phenolic OH excluding ortho intramolecular Hbond substituents is 1. The molecule has 4 nitrogen and oxygen atoms in total. The second-order valence-corrected chi connectivity index (χ2v) is 9.84. The third kappa shape index (κ3) is 10.9. The Bertz CT molecular complexity index is 573. The standard InChI is InChI=1S/C25H45NO3/c1-19(2)8-6-9-21(5)10-7-15-29-24-12-11-22(16-23(24)28)13-14-25(26,18-27)17-20(3)4/h11-12,16,19-21,27-28H,6-10,13-15,17-18,26H2,1-5H3/t21?,25-/m0/s1. The van der Waals surface area contributed by atoms with Crippen molar-refractivity contribution in [1.82, 2.24) is 0 Å². The van der Waals surface area contributed by atoms with Gasteiger partial charge in [0.15, 0.2) is 11.5 Å². The number of aryl methyl sites for hydroxylation is 1. The SMILES string of the molecule is CC(C)CCCC(C)CCCOc1ccc(CC[C@@](N)(CO)CC(C)C)cc1O.